The third-order valence-corrected chi connectivity index (χ3v) is 30.7. The van der Waals surface area contributed by atoms with Gasteiger partial charge < -0.3 is 0 Å². The van der Waals surface area contributed by atoms with E-state index in [1.807, 2.05) is 0 Å². The van der Waals surface area contributed by atoms with Crippen molar-refractivity contribution in [3.8, 4) is 0 Å². The molecule has 0 N–H and O–H groups in total. The second-order valence-corrected chi connectivity index (χ2v) is 41.6. The van der Waals surface area contributed by atoms with Crippen molar-refractivity contribution in [1.29, 1.82) is 0 Å². The molecule has 0 aromatic carbocycles. The van der Waals surface area contributed by atoms with Crippen LogP contribution in [0.4, 0.5) is 0 Å². The molecule has 2 fully saturated rings. The summed E-state index contributed by atoms with van der Waals surface area (Å²) in [6, 6.07) is 15.1. The molecule has 2 saturated carbocycles. The largest absolute Gasteiger partial charge is 0.103 e. The van der Waals surface area contributed by atoms with Crippen molar-refractivity contribution in [1.82, 2.24) is 0 Å². The maximum absolute atomic E-state index is 4.13. The van der Waals surface area contributed by atoms with E-state index in [2.05, 4.69) is 77.2 Å². The third kappa shape index (κ3) is 16.1. The molecule has 0 nitrogen and oxygen atoms in total. The van der Waals surface area contributed by atoms with Crippen LogP contribution in [0.2, 0.25) is 99.7 Å². The van der Waals surface area contributed by atoms with E-state index in [1.165, 1.54) is 94.1 Å². The average Bonchev–Trinajstić information content (AvgIpc) is 2.96. The maximum Gasteiger partial charge on any atom is 0.0535 e. The predicted octanol–water partition coefficient (Wildman–Crippen LogP) is 14.8. The summed E-state index contributed by atoms with van der Waals surface area (Å²) in [5, 5.41) is 0. The quantitative estimate of drug-likeness (QED) is 0.0537. The van der Waals surface area contributed by atoms with Gasteiger partial charge >= 0.3 is 0 Å². The molecule has 0 unspecified atom stereocenters. The Kier molecular flexibility index (Phi) is 19.2. The van der Waals surface area contributed by atoms with E-state index in [4.69, 9.17) is 0 Å². The minimum atomic E-state index is -1.33. The molecule has 0 bridgehead atoms. The maximum atomic E-state index is 4.13. The van der Waals surface area contributed by atoms with Crippen molar-refractivity contribution in [2.75, 3.05) is 6.16 Å². The summed E-state index contributed by atoms with van der Waals surface area (Å²) in [4.78, 5) is 0. The number of hydrogen-bond acceptors (Lipinski definition) is 0. The SMILES string of the molecule is C=CC[Si](C)(C)CCC[Si](CCCP(C1CCCCC1)C1CCCCC1)(CCC[Si](C)(C)CC=C)CCC[Si](C)(C)CC=C. The normalized spacial score (nSPS) is 18.1. The van der Waals surface area contributed by atoms with Gasteiger partial charge in [-0.3, -0.25) is 0 Å². The second-order valence-electron chi connectivity index (χ2n) is 18.0. The Balaban J connectivity index is 2.24. The van der Waals surface area contributed by atoms with Gasteiger partial charge in [-0.15, -0.1) is 27.7 Å². The lowest BCUT2D eigenvalue weighted by Gasteiger charge is -2.40. The van der Waals surface area contributed by atoms with Gasteiger partial charge in [0.15, 0.2) is 0 Å². The van der Waals surface area contributed by atoms with Crippen LogP contribution in [0.1, 0.15) is 89.9 Å². The molecule has 0 spiro atoms. The van der Waals surface area contributed by atoms with Gasteiger partial charge in [-0.1, -0.05) is 164 Å². The van der Waals surface area contributed by atoms with Crippen LogP contribution in [0.15, 0.2) is 38.0 Å². The van der Waals surface area contributed by atoms with Crippen LogP contribution >= 0.6 is 7.92 Å². The molecular weight excluding hydrogens is 612 g/mol. The summed E-state index contributed by atoms with van der Waals surface area (Å²) in [6.45, 7) is 28.2. The summed E-state index contributed by atoms with van der Waals surface area (Å²) in [5.41, 5.74) is 2.25. The highest BCUT2D eigenvalue weighted by atomic mass is 31.1. The molecule has 0 aliphatic heterocycles. The van der Waals surface area contributed by atoms with Crippen molar-refractivity contribution in [3.63, 3.8) is 0 Å². The van der Waals surface area contributed by atoms with Gasteiger partial charge in [0.2, 0.25) is 0 Å². The molecule has 0 radical (unpaired) electrons. The van der Waals surface area contributed by atoms with E-state index in [1.54, 1.807) is 62.4 Å². The fourth-order valence-corrected chi connectivity index (χ4v) is 26.0. The lowest BCUT2D eigenvalue weighted by molar-refractivity contribution is 0.484. The molecule has 256 valence electrons. The van der Waals surface area contributed by atoms with E-state index in [0.29, 0.717) is 0 Å². The molecule has 0 amide bonds. The van der Waals surface area contributed by atoms with E-state index in [-0.39, 0.29) is 7.92 Å². The Morgan fingerprint density at radius 2 is 0.795 bits per heavy atom. The predicted molar refractivity (Wildman–Crippen MR) is 221 cm³/mol. The topological polar surface area (TPSA) is 0 Å². The highest BCUT2D eigenvalue weighted by molar-refractivity contribution is 7.59. The first-order valence-electron chi connectivity index (χ1n) is 19.5. The minimum absolute atomic E-state index is 0.250. The van der Waals surface area contributed by atoms with Crippen molar-refractivity contribution in [3.05, 3.63) is 38.0 Å². The van der Waals surface area contributed by atoms with Crippen LogP contribution < -0.4 is 0 Å². The van der Waals surface area contributed by atoms with E-state index in [9.17, 15) is 0 Å². The van der Waals surface area contributed by atoms with Crippen molar-refractivity contribution < 1.29 is 0 Å². The van der Waals surface area contributed by atoms with E-state index < -0.39 is 32.3 Å². The first kappa shape index (κ1) is 40.7. The Morgan fingerprint density at radius 1 is 0.477 bits per heavy atom. The average molecular weight is 691 g/mol. The fourth-order valence-electron chi connectivity index (χ4n) is 9.18. The van der Waals surface area contributed by atoms with Gasteiger partial charge in [0.05, 0.1) is 32.3 Å². The molecule has 0 atom stereocenters. The van der Waals surface area contributed by atoms with Crippen LogP contribution in [0.3, 0.4) is 0 Å². The molecule has 0 heterocycles. The summed E-state index contributed by atoms with van der Waals surface area (Å²) in [7, 11) is -4.51. The van der Waals surface area contributed by atoms with Crippen LogP contribution in [-0.4, -0.2) is 49.8 Å². The Bertz CT molecular complexity index is 720. The first-order valence-corrected chi connectivity index (χ1v) is 34.2. The minimum Gasteiger partial charge on any atom is -0.103 e. The van der Waals surface area contributed by atoms with Crippen molar-refractivity contribution in [2.45, 2.75) is 201 Å². The number of rotatable bonds is 24. The summed E-state index contributed by atoms with van der Waals surface area (Å²) >= 11 is 0. The third-order valence-electron chi connectivity index (χ3n) is 12.0. The standard InChI is InChI=1S/C39H79PSi4/c1-10-28-41(4,5)31-20-35-44(36-21-32-42(6,7)29-11-2,37-22-33-43(8,9)30-12-3)34-19-27-40(38-23-15-13-16-24-38)39-25-17-14-18-26-39/h10-12,38-39H,1-3,13-37H2,4-9H3. The summed E-state index contributed by atoms with van der Waals surface area (Å²) in [6.07, 6.45) is 30.0. The highest BCUT2D eigenvalue weighted by Gasteiger charge is 2.36. The van der Waals surface area contributed by atoms with Gasteiger partial charge in [0.25, 0.3) is 0 Å². The Morgan fingerprint density at radius 3 is 1.11 bits per heavy atom. The van der Waals surface area contributed by atoms with E-state index in [0.717, 1.165) is 11.3 Å². The zero-order chi connectivity index (χ0) is 32.5. The van der Waals surface area contributed by atoms with Gasteiger partial charge in [0, 0.05) is 0 Å². The molecular formula is C39H79PSi4. The molecule has 2 aliphatic carbocycles. The van der Waals surface area contributed by atoms with Gasteiger partial charge in [-0.25, -0.2) is 0 Å². The van der Waals surface area contributed by atoms with Gasteiger partial charge in [-0.05, 0) is 61.3 Å². The Labute approximate surface area is 284 Å². The molecule has 0 aromatic rings. The molecule has 5 heteroatoms. The van der Waals surface area contributed by atoms with Crippen molar-refractivity contribution in [2.24, 2.45) is 0 Å². The van der Waals surface area contributed by atoms with Gasteiger partial charge in [-0.2, -0.15) is 0 Å². The molecule has 2 rings (SSSR count). The van der Waals surface area contributed by atoms with Crippen LogP contribution in [0, 0.1) is 0 Å². The summed E-state index contributed by atoms with van der Waals surface area (Å²) < 4.78 is 0. The zero-order valence-electron chi connectivity index (χ0n) is 31.1. The highest BCUT2D eigenvalue weighted by Crippen LogP contribution is 2.56. The lowest BCUT2D eigenvalue weighted by atomic mass is 9.99. The molecule has 2 aliphatic rings. The smallest absolute Gasteiger partial charge is 0.0535 e. The molecule has 0 aromatic heterocycles. The number of hydrogen-bond donors (Lipinski definition) is 0. The lowest BCUT2D eigenvalue weighted by Crippen LogP contribution is -2.37. The fraction of sp³-hybridized carbons (Fsp3) is 0.846. The van der Waals surface area contributed by atoms with Crippen molar-refractivity contribution >= 4 is 40.2 Å². The van der Waals surface area contributed by atoms with E-state index >= 15 is 0 Å². The second kappa shape index (κ2) is 20.8. The van der Waals surface area contributed by atoms with Crippen LogP contribution in [0.25, 0.3) is 0 Å². The molecule has 44 heavy (non-hydrogen) atoms. The summed E-state index contributed by atoms with van der Waals surface area (Å²) in [5.74, 6) is 0. The van der Waals surface area contributed by atoms with Crippen LogP contribution in [-0.2, 0) is 0 Å². The monoisotopic (exact) mass is 690 g/mol. The molecule has 0 saturated heterocycles. The zero-order valence-corrected chi connectivity index (χ0v) is 36.0. The van der Waals surface area contributed by atoms with Gasteiger partial charge in [0.1, 0.15) is 0 Å². The Hall–Kier alpha value is 0.518. The number of allylic oxidation sites excluding steroid dienone is 3. The first-order chi connectivity index (χ1) is 20.9. The van der Waals surface area contributed by atoms with Crippen LogP contribution in [0.5, 0.6) is 0 Å².